The van der Waals surface area contributed by atoms with Crippen LogP contribution in [0.15, 0.2) is 18.5 Å². The molecule has 0 saturated heterocycles. The first-order valence-corrected chi connectivity index (χ1v) is 6.42. The lowest BCUT2D eigenvalue weighted by atomic mass is 10.3. The number of nitrogens with one attached hydrogen (secondary N) is 1. The normalized spacial score (nSPS) is 10.7. The van der Waals surface area contributed by atoms with Gasteiger partial charge in [-0.2, -0.15) is 0 Å². The minimum atomic E-state index is 0.151. The van der Waals surface area contributed by atoms with Gasteiger partial charge in [0.15, 0.2) is 5.15 Å². The molecule has 7 heteroatoms. The molecule has 0 spiro atoms. The number of aliphatic hydroxyl groups is 1. The average molecular weight is 282 g/mol. The molecule has 0 radical (unpaired) electrons. The number of aliphatic hydroxyl groups excluding tert-OH is 1. The zero-order valence-corrected chi connectivity index (χ0v) is 11.4. The third-order valence-electron chi connectivity index (χ3n) is 2.57. The number of anilines is 1. The topological polar surface area (TPSA) is 75.9 Å². The van der Waals surface area contributed by atoms with E-state index >= 15 is 0 Å². The lowest BCUT2D eigenvalue weighted by Crippen LogP contribution is -2.02. The molecule has 0 amide bonds. The zero-order valence-electron chi connectivity index (χ0n) is 10.7. The molecular formula is C12H16ClN5O. The molecule has 0 aliphatic heterocycles. The van der Waals surface area contributed by atoms with Gasteiger partial charge in [-0.1, -0.05) is 16.8 Å². The van der Waals surface area contributed by atoms with Crippen LogP contribution in [0.25, 0.3) is 0 Å². The molecule has 0 saturated carbocycles. The van der Waals surface area contributed by atoms with E-state index in [1.54, 1.807) is 10.9 Å². The van der Waals surface area contributed by atoms with Crippen LogP contribution in [0.1, 0.15) is 17.7 Å². The Kier molecular flexibility index (Phi) is 4.70. The Hall–Kier alpha value is -1.66. The number of aryl methyl sites for hydroxylation is 2. The summed E-state index contributed by atoms with van der Waals surface area (Å²) in [6.07, 6.45) is 4.24. The fraction of sp³-hybridized carbons (Fsp3) is 0.417. The fourth-order valence-electron chi connectivity index (χ4n) is 1.62. The van der Waals surface area contributed by atoms with Crippen molar-refractivity contribution >= 4 is 17.3 Å². The van der Waals surface area contributed by atoms with Gasteiger partial charge >= 0.3 is 0 Å². The van der Waals surface area contributed by atoms with Crippen molar-refractivity contribution in [1.29, 1.82) is 0 Å². The van der Waals surface area contributed by atoms with Crippen LogP contribution in [0.2, 0.25) is 5.15 Å². The minimum Gasteiger partial charge on any atom is -0.396 e. The number of aromatic nitrogens is 4. The predicted octanol–water partition coefficient (Wildman–Crippen LogP) is 1.63. The van der Waals surface area contributed by atoms with Crippen LogP contribution in [0, 0.1) is 6.92 Å². The smallest absolute Gasteiger partial charge is 0.152 e. The molecule has 19 heavy (non-hydrogen) atoms. The lowest BCUT2D eigenvalue weighted by Gasteiger charge is -2.06. The van der Waals surface area contributed by atoms with Gasteiger partial charge < -0.3 is 10.4 Å². The van der Waals surface area contributed by atoms with Crippen molar-refractivity contribution in [3.63, 3.8) is 0 Å². The Morgan fingerprint density at radius 2 is 2.32 bits per heavy atom. The fourth-order valence-corrected chi connectivity index (χ4v) is 1.79. The molecule has 0 atom stereocenters. The maximum Gasteiger partial charge on any atom is 0.152 e. The highest BCUT2D eigenvalue weighted by Gasteiger charge is 2.04. The quantitative estimate of drug-likeness (QED) is 0.787. The first kappa shape index (κ1) is 13.8. The summed E-state index contributed by atoms with van der Waals surface area (Å²) in [6.45, 7) is 3.30. The highest BCUT2D eigenvalue weighted by molar-refractivity contribution is 6.31. The highest BCUT2D eigenvalue weighted by atomic mass is 35.5. The lowest BCUT2D eigenvalue weighted by molar-refractivity contribution is 0.276. The first-order chi connectivity index (χ1) is 9.19. The molecule has 2 aromatic heterocycles. The molecule has 6 nitrogen and oxygen atoms in total. The van der Waals surface area contributed by atoms with Crippen molar-refractivity contribution in [2.24, 2.45) is 0 Å². The van der Waals surface area contributed by atoms with Gasteiger partial charge in [0.25, 0.3) is 0 Å². The molecule has 0 bridgehead atoms. The molecular weight excluding hydrogens is 266 g/mol. The summed E-state index contributed by atoms with van der Waals surface area (Å²) < 4.78 is 1.71. The summed E-state index contributed by atoms with van der Waals surface area (Å²) in [4.78, 5) is 4.07. The zero-order chi connectivity index (χ0) is 13.7. The van der Waals surface area contributed by atoms with Crippen molar-refractivity contribution in [3.05, 3.63) is 34.9 Å². The van der Waals surface area contributed by atoms with E-state index in [4.69, 9.17) is 16.7 Å². The van der Waals surface area contributed by atoms with E-state index in [1.807, 2.05) is 19.2 Å². The van der Waals surface area contributed by atoms with Crippen molar-refractivity contribution < 1.29 is 5.11 Å². The standard InChI is InChI=1S/C12H16ClN5O/c1-9-5-11(12(13)15-6-9)14-7-10-8-18(17-16-10)3-2-4-19/h5-6,8,14,19H,2-4,7H2,1H3. The van der Waals surface area contributed by atoms with Crippen LogP contribution in [0.4, 0.5) is 5.69 Å². The van der Waals surface area contributed by atoms with Crippen molar-refractivity contribution in [1.82, 2.24) is 20.0 Å². The molecule has 2 aromatic rings. The SMILES string of the molecule is Cc1cnc(Cl)c(NCc2cn(CCCO)nn2)c1. The molecule has 2 rings (SSSR count). The van der Waals surface area contributed by atoms with Gasteiger partial charge in [-0.15, -0.1) is 5.10 Å². The Bertz CT molecular complexity index is 543. The van der Waals surface area contributed by atoms with Crippen molar-refractivity contribution in [2.45, 2.75) is 26.4 Å². The van der Waals surface area contributed by atoms with Gasteiger partial charge in [0, 0.05) is 19.3 Å². The Balaban J connectivity index is 1.94. The van der Waals surface area contributed by atoms with Crippen LogP contribution < -0.4 is 5.32 Å². The average Bonchev–Trinajstić information content (AvgIpc) is 2.85. The van der Waals surface area contributed by atoms with E-state index in [-0.39, 0.29) is 6.61 Å². The number of hydrogen-bond donors (Lipinski definition) is 2. The predicted molar refractivity (Wildman–Crippen MR) is 73.0 cm³/mol. The maximum atomic E-state index is 8.75. The Morgan fingerprint density at radius 3 is 3.11 bits per heavy atom. The first-order valence-electron chi connectivity index (χ1n) is 6.05. The van der Waals surface area contributed by atoms with E-state index in [2.05, 4.69) is 20.6 Å². The van der Waals surface area contributed by atoms with Gasteiger partial charge in [0.05, 0.1) is 18.4 Å². The van der Waals surface area contributed by atoms with E-state index in [0.29, 0.717) is 24.7 Å². The van der Waals surface area contributed by atoms with Gasteiger partial charge in [-0.25, -0.2) is 4.98 Å². The number of hydrogen-bond acceptors (Lipinski definition) is 5. The van der Waals surface area contributed by atoms with Crippen LogP contribution in [-0.4, -0.2) is 31.7 Å². The van der Waals surface area contributed by atoms with E-state index in [0.717, 1.165) is 16.9 Å². The van der Waals surface area contributed by atoms with Crippen LogP contribution in [0.5, 0.6) is 0 Å². The third kappa shape index (κ3) is 3.90. The Morgan fingerprint density at radius 1 is 1.47 bits per heavy atom. The molecule has 0 aliphatic rings. The number of nitrogens with zero attached hydrogens (tertiary/aromatic N) is 4. The summed E-state index contributed by atoms with van der Waals surface area (Å²) in [5, 5.41) is 20.4. The molecule has 2 heterocycles. The van der Waals surface area contributed by atoms with Gasteiger partial charge in [-0.05, 0) is 25.0 Å². The Labute approximate surface area is 116 Å². The second-order valence-corrected chi connectivity index (χ2v) is 4.61. The summed E-state index contributed by atoms with van der Waals surface area (Å²) >= 11 is 5.99. The molecule has 0 aliphatic carbocycles. The summed E-state index contributed by atoms with van der Waals surface area (Å²) in [5.41, 5.74) is 2.64. The summed E-state index contributed by atoms with van der Waals surface area (Å²) in [6, 6.07) is 1.94. The molecule has 0 aromatic carbocycles. The number of pyridine rings is 1. The molecule has 0 unspecified atom stereocenters. The second-order valence-electron chi connectivity index (χ2n) is 4.25. The summed E-state index contributed by atoms with van der Waals surface area (Å²) in [5.74, 6) is 0. The molecule has 2 N–H and O–H groups in total. The van der Waals surface area contributed by atoms with E-state index in [9.17, 15) is 0 Å². The molecule has 0 fully saturated rings. The van der Waals surface area contributed by atoms with Gasteiger partial charge in [-0.3, -0.25) is 4.68 Å². The van der Waals surface area contributed by atoms with Gasteiger partial charge in [0.2, 0.25) is 0 Å². The maximum absolute atomic E-state index is 8.75. The van der Waals surface area contributed by atoms with E-state index < -0.39 is 0 Å². The largest absolute Gasteiger partial charge is 0.396 e. The summed E-state index contributed by atoms with van der Waals surface area (Å²) in [7, 11) is 0. The molecule has 102 valence electrons. The van der Waals surface area contributed by atoms with Crippen LogP contribution in [0.3, 0.4) is 0 Å². The third-order valence-corrected chi connectivity index (χ3v) is 2.87. The van der Waals surface area contributed by atoms with E-state index in [1.165, 1.54) is 0 Å². The van der Waals surface area contributed by atoms with Gasteiger partial charge in [0.1, 0.15) is 5.69 Å². The van der Waals surface area contributed by atoms with Crippen molar-refractivity contribution in [3.8, 4) is 0 Å². The van der Waals surface area contributed by atoms with Crippen molar-refractivity contribution in [2.75, 3.05) is 11.9 Å². The number of halogens is 1. The monoisotopic (exact) mass is 281 g/mol. The second kappa shape index (κ2) is 6.49. The minimum absolute atomic E-state index is 0.151. The van der Waals surface area contributed by atoms with Crippen LogP contribution >= 0.6 is 11.6 Å². The van der Waals surface area contributed by atoms with Crippen LogP contribution in [-0.2, 0) is 13.1 Å². The number of rotatable bonds is 6. The highest BCUT2D eigenvalue weighted by Crippen LogP contribution is 2.20.